The SMILES string of the molecule is CCCCCCCCCCCCCC(=O)OC[C@H](COC(=O)CCCCCCCCC(C)CC)OC(=O)CCCCCCCCCCCCCCCCCC(C)C. The Balaban J connectivity index is 4.27. The van der Waals surface area contributed by atoms with Crippen LogP contribution in [-0.2, 0) is 28.6 Å². The molecule has 57 heavy (non-hydrogen) atoms. The second-order valence-corrected chi connectivity index (χ2v) is 18.2. The van der Waals surface area contributed by atoms with E-state index in [9.17, 15) is 14.4 Å². The van der Waals surface area contributed by atoms with Gasteiger partial charge in [-0.05, 0) is 31.1 Å². The van der Waals surface area contributed by atoms with Gasteiger partial charge >= 0.3 is 17.9 Å². The Hall–Kier alpha value is -1.59. The van der Waals surface area contributed by atoms with Crippen LogP contribution in [0.2, 0.25) is 0 Å². The third kappa shape index (κ3) is 43.8. The van der Waals surface area contributed by atoms with E-state index in [1.807, 2.05) is 0 Å². The summed E-state index contributed by atoms with van der Waals surface area (Å²) in [5.41, 5.74) is 0. The second kappa shape index (κ2) is 44.0. The van der Waals surface area contributed by atoms with E-state index in [1.165, 1.54) is 167 Å². The molecule has 0 aromatic heterocycles. The first kappa shape index (κ1) is 55.4. The number of carbonyl (C=O) groups excluding carboxylic acids is 3. The van der Waals surface area contributed by atoms with Crippen molar-refractivity contribution in [3.8, 4) is 0 Å². The van der Waals surface area contributed by atoms with E-state index in [4.69, 9.17) is 14.2 Å². The number of rotatable bonds is 45. The molecule has 0 aliphatic heterocycles. The Kier molecular flexibility index (Phi) is 42.7. The van der Waals surface area contributed by atoms with Gasteiger partial charge in [0.25, 0.3) is 0 Å². The van der Waals surface area contributed by atoms with Crippen LogP contribution in [0.4, 0.5) is 0 Å². The fraction of sp³-hybridized carbons (Fsp3) is 0.941. The Morgan fingerprint density at radius 3 is 1.00 bits per heavy atom. The van der Waals surface area contributed by atoms with Crippen LogP contribution in [0.1, 0.15) is 279 Å². The normalized spacial score (nSPS) is 12.5. The number of unbranched alkanes of at least 4 members (excludes halogenated alkanes) is 29. The predicted molar refractivity (Wildman–Crippen MR) is 243 cm³/mol. The van der Waals surface area contributed by atoms with Gasteiger partial charge in [-0.3, -0.25) is 14.4 Å². The summed E-state index contributed by atoms with van der Waals surface area (Å²) in [4.78, 5) is 37.8. The highest BCUT2D eigenvalue weighted by Crippen LogP contribution is 2.17. The summed E-state index contributed by atoms with van der Waals surface area (Å²) in [5.74, 6) is 0.809. The lowest BCUT2D eigenvalue weighted by molar-refractivity contribution is -0.167. The van der Waals surface area contributed by atoms with Gasteiger partial charge in [-0.15, -0.1) is 0 Å². The molecule has 0 rings (SSSR count). The van der Waals surface area contributed by atoms with Gasteiger partial charge in [0, 0.05) is 19.3 Å². The molecule has 6 nitrogen and oxygen atoms in total. The van der Waals surface area contributed by atoms with Crippen molar-refractivity contribution in [3.05, 3.63) is 0 Å². The summed E-state index contributed by atoms with van der Waals surface area (Å²) in [5, 5.41) is 0. The molecule has 6 heteroatoms. The molecule has 0 saturated heterocycles. The lowest BCUT2D eigenvalue weighted by Gasteiger charge is -2.18. The molecule has 0 saturated carbocycles. The van der Waals surface area contributed by atoms with E-state index in [0.29, 0.717) is 19.3 Å². The zero-order valence-corrected chi connectivity index (χ0v) is 39.0. The first-order chi connectivity index (χ1) is 27.8. The molecule has 2 atom stereocenters. The molecule has 1 unspecified atom stereocenters. The number of carbonyl (C=O) groups is 3. The number of hydrogen-bond acceptors (Lipinski definition) is 6. The van der Waals surface area contributed by atoms with E-state index in [0.717, 1.165) is 69.6 Å². The fourth-order valence-corrected chi connectivity index (χ4v) is 7.60. The lowest BCUT2D eigenvalue weighted by Crippen LogP contribution is -2.30. The average molecular weight is 807 g/mol. The van der Waals surface area contributed by atoms with Gasteiger partial charge in [-0.1, -0.05) is 240 Å². The Morgan fingerprint density at radius 1 is 0.368 bits per heavy atom. The highest BCUT2D eigenvalue weighted by molar-refractivity contribution is 5.71. The van der Waals surface area contributed by atoms with Crippen molar-refractivity contribution in [1.82, 2.24) is 0 Å². The smallest absolute Gasteiger partial charge is 0.306 e. The molecule has 0 N–H and O–H groups in total. The van der Waals surface area contributed by atoms with Gasteiger partial charge in [0.15, 0.2) is 6.10 Å². The fourth-order valence-electron chi connectivity index (χ4n) is 7.60. The first-order valence-corrected chi connectivity index (χ1v) is 25.3. The van der Waals surface area contributed by atoms with Crippen LogP contribution in [0.25, 0.3) is 0 Å². The minimum Gasteiger partial charge on any atom is -0.462 e. The molecule has 338 valence electrons. The van der Waals surface area contributed by atoms with Crippen molar-refractivity contribution in [1.29, 1.82) is 0 Å². The summed E-state index contributed by atoms with van der Waals surface area (Å²) < 4.78 is 16.8. The van der Waals surface area contributed by atoms with Gasteiger partial charge in [-0.2, -0.15) is 0 Å². The molecule has 0 aromatic carbocycles. The summed E-state index contributed by atoms with van der Waals surface area (Å²) in [6, 6.07) is 0. The molecule has 0 aliphatic carbocycles. The van der Waals surface area contributed by atoms with Gasteiger partial charge in [0.1, 0.15) is 13.2 Å². The summed E-state index contributed by atoms with van der Waals surface area (Å²) in [6.45, 7) is 11.3. The van der Waals surface area contributed by atoms with E-state index < -0.39 is 6.10 Å². The highest BCUT2D eigenvalue weighted by Gasteiger charge is 2.19. The van der Waals surface area contributed by atoms with Crippen LogP contribution in [0.5, 0.6) is 0 Å². The zero-order valence-electron chi connectivity index (χ0n) is 39.0. The Morgan fingerprint density at radius 2 is 0.667 bits per heavy atom. The molecule has 0 bridgehead atoms. The second-order valence-electron chi connectivity index (χ2n) is 18.2. The third-order valence-electron chi connectivity index (χ3n) is 11.8. The first-order valence-electron chi connectivity index (χ1n) is 25.3. The molecular weight excluding hydrogens is 709 g/mol. The van der Waals surface area contributed by atoms with E-state index in [-0.39, 0.29) is 31.1 Å². The van der Waals surface area contributed by atoms with Crippen LogP contribution in [0, 0.1) is 11.8 Å². The van der Waals surface area contributed by atoms with E-state index >= 15 is 0 Å². The van der Waals surface area contributed by atoms with Crippen molar-refractivity contribution < 1.29 is 28.6 Å². The number of ether oxygens (including phenoxy) is 3. The number of esters is 3. The van der Waals surface area contributed by atoms with Crippen molar-refractivity contribution in [3.63, 3.8) is 0 Å². The Bertz CT molecular complexity index is 872. The molecule has 0 amide bonds. The highest BCUT2D eigenvalue weighted by atomic mass is 16.6. The maximum atomic E-state index is 12.8. The third-order valence-corrected chi connectivity index (χ3v) is 11.8. The van der Waals surface area contributed by atoms with Crippen LogP contribution >= 0.6 is 0 Å². The maximum absolute atomic E-state index is 12.8. The number of hydrogen-bond donors (Lipinski definition) is 0. The van der Waals surface area contributed by atoms with E-state index in [2.05, 4.69) is 34.6 Å². The molecular formula is C51H98O6. The summed E-state index contributed by atoms with van der Waals surface area (Å²) in [6.07, 6.45) is 43.8. The molecule has 0 aliphatic rings. The molecule has 0 heterocycles. The van der Waals surface area contributed by atoms with E-state index in [1.54, 1.807) is 0 Å². The van der Waals surface area contributed by atoms with Crippen LogP contribution in [-0.4, -0.2) is 37.2 Å². The molecule has 0 fully saturated rings. The largest absolute Gasteiger partial charge is 0.462 e. The van der Waals surface area contributed by atoms with Gasteiger partial charge in [0.2, 0.25) is 0 Å². The molecule has 0 radical (unpaired) electrons. The predicted octanol–water partition coefficient (Wildman–Crippen LogP) is 16.1. The quantitative estimate of drug-likeness (QED) is 0.0346. The lowest BCUT2D eigenvalue weighted by atomic mass is 10.00. The van der Waals surface area contributed by atoms with Crippen LogP contribution in [0.15, 0.2) is 0 Å². The summed E-state index contributed by atoms with van der Waals surface area (Å²) in [7, 11) is 0. The topological polar surface area (TPSA) is 78.9 Å². The van der Waals surface area contributed by atoms with Crippen molar-refractivity contribution >= 4 is 17.9 Å². The van der Waals surface area contributed by atoms with Gasteiger partial charge in [0.05, 0.1) is 0 Å². The standard InChI is InChI=1S/C51H98O6/c1-6-8-9-10-11-12-18-22-25-31-36-41-49(52)55-44-48(45-56-50(53)42-37-32-28-27-30-35-40-47(5)7-2)57-51(54)43-38-33-26-23-20-17-15-13-14-16-19-21-24-29-34-39-46(3)4/h46-48H,6-45H2,1-5H3/t47?,48-/m1/s1. The minimum atomic E-state index is -0.761. The summed E-state index contributed by atoms with van der Waals surface area (Å²) >= 11 is 0. The van der Waals surface area contributed by atoms with Crippen LogP contribution < -0.4 is 0 Å². The zero-order chi connectivity index (χ0) is 41.9. The van der Waals surface area contributed by atoms with Crippen molar-refractivity contribution in [2.75, 3.05) is 13.2 Å². The van der Waals surface area contributed by atoms with Gasteiger partial charge in [-0.25, -0.2) is 0 Å². The van der Waals surface area contributed by atoms with Gasteiger partial charge < -0.3 is 14.2 Å². The minimum absolute atomic E-state index is 0.0645. The van der Waals surface area contributed by atoms with Crippen LogP contribution in [0.3, 0.4) is 0 Å². The molecule has 0 aromatic rings. The maximum Gasteiger partial charge on any atom is 0.306 e. The van der Waals surface area contributed by atoms with Crippen molar-refractivity contribution in [2.24, 2.45) is 11.8 Å². The molecule has 0 spiro atoms. The Labute approximate surface area is 355 Å². The average Bonchev–Trinajstić information content (AvgIpc) is 3.19. The monoisotopic (exact) mass is 807 g/mol. The van der Waals surface area contributed by atoms with Crippen molar-refractivity contribution in [2.45, 2.75) is 285 Å².